The van der Waals surface area contributed by atoms with E-state index in [1.54, 1.807) is 11.8 Å². The predicted molar refractivity (Wildman–Crippen MR) is 113 cm³/mol. The molecule has 142 valence electrons. The number of anilines is 1. The summed E-state index contributed by atoms with van der Waals surface area (Å²) < 4.78 is 0. The first kappa shape index (κ1) is 18.6. The van der Waals surface area contributed by atoms with Gasteiger partial charge in [-0.1, -0.05) is 55.7 Å². The van der Waals surface area contributed by atoms with Crippen LogP contribution in [0, 0.1) is 0 Å². The van der Waals surface area contributed by atoms with Crippen molar-refractivity contribution in [2.45, 2.75) is 61.3 Å². The molecule has 1 aliphatic heterocycles. The Morgan fingerprint density at radius 3 is 2.63 bits per heavy atom. The molecule has 2 aromatic carbocycles. The second kappa shape index (κ2) is 8.49. The molecule has 4 rings (SSSR count). The largest absolute Gasteiger partial charge is 0.325 e. The predicted octanol–water partition coefficient (Wildman–Crippen LogP) is 5.11. The van der Waals surface area contributed by atoms with Crippen LogP contribution in [0.2, 0.25) is 0 Å². The van der Waals surface area contributed by atoms with Gasteiger partial charge in [0, 0.05) is 23.2 Å². The van der Waals surface area contributed by atoms with Crippen molar-refractivity contribution in [2.75, 3.05) is 12.4 Å². The van der Waals surface area contributed by atoms with Crippen LogP contribution in [0.1, 0.15) is 43.2 Å². The molecule has 1 aliphatic carbocycles. The maximum Gasteiger partial charge on any atom is 0.238 e. The van der Waals surface area contributed by atoms with Crippen LogP contribution in [0.5, 0.6) is 0 Å². The molecule has 1 amide bonds. The highest BCUT2D eigenvalue weighted by Gasteiger charge is 2.28. The highest BCUT2D eigenvalue weighted by atomic mass is 32.2. The summed E-state index contributed by atoms with van der Waals surface area (Å²) in [5.41, 5.74) is 3.45. The smallest absolute Gasteiger partial charge is 0.238 e. The van der Waals surface area contributed by atoms with Gasteiger partial charge in [0.1, 0.15) is 0 Å². The summed E-state index contributed by atoms with van der Waals surface area (Å²) in [7, 11) is 2.22. The average Bonchev–Trinajstić information content (AvgIpc) is 3.14. The minimum absolute atomic E-state index is 0.0356. The van der Waals surface area contributed by atoms with E-state index in [-0.39, 0.29) is 11.2 Å². The van der Waals surface area contributed by atoms with E-state index in [4.69, 9.17) is 0 Å². The van der Waals surface area contributed by atoms with Gasteiger partial charge in [-0.25, -0.2) is 0 Å². The third-order valence-corrected chi connectivity index (χ3v) is 7.15. The number of para-hydroxylation sites is 1. The highest BCUT2D eigenvalue weighted by Crippen LogP contribution is 2.37. The number of hydrogen-bond donors (Lipinski definition) is 1. The molecule has 0 spiro atoms. The number of carbonyl (C=O) groups is 1. The van der Waals surface area contributed by atoms with E-state index in [1.807, 2.05) is 18.2 Å². The number of carbonyl (C=O) groups excluding carboxylic acids is 1. The second-order valence-electron chi connectivity index (χ2n) is 7.77. The number of nitrogens with zero attached hydrogens (tertiary/aromatic N) is 1. The Bertz CT molecular complexity index is 775. The molecule has 2 aromatic rings. The molecule has 1 atom stereocenters. The van der Waals surface area contributed by atoms with Gasteiger partial charge in [-0.05, 0) is 49.6 Å². The van der Waals surface area contributed by atoms with Crippen LogP contribution in [0.15, 0.2) is 53.4 Å². The molecule has 3 nitrogen and oxygen atoms in total. The molecular formula is C23H28N2OS. The molecule has 1 heterocycles. The quantitative estimate of drug-likeness (QED) is 0.783. The van der Waals surface area contributed by atoms with Crippen molar-refractivity contribution in [1.82, 2.24) is 4.90 Å². The molecule has 27 heavy (non-hydrogen) atoms. The summed E-state index contributed by atoms with van der Waals surface area (Å²) in [6.45, 7) is 0.888. The molecule has 1 N–H and O–H groups in total. The molecule has 1 fully saturated rings. The van der Waals surface area contributed by atoms with Gasteiger partial charge in [-0.3, -0.25) is 9.69 Å². The van der Waals surface area contributed by atoms with E-state index in [1.165, 1.54) is 48.1 Å². The summed E-state index contributed by atoms with van der Waals surface area (Å²) >= 11 is 1.68. The Labute approximate surface area is 166 Å². The standard InChI is InChI=1S/C23H28N2OS/c1-25(19-11-3-2-4-12-19)16-18-10-5-7-13-20(18)24-23(26)22-15-17-9-6-8-14-21(17)27-22/h5-10,13-14,19,22H,2-4,11-12,15-16H2,1H3,(H,24,26). The number of rotatable bonds is 5. The van der Waals surface area contributed by atoms with Crippen LogP contribution >= 0.6 is 11.8 Å². The minimum Gasteiger partial charge on any atom is -0.325 e. The van der Waals surface area contributed by atoms with Gasteiger partial charge >= 0.3 is 0 Å². The normalized spacial score (nSPS) is 19.9. The average molecular weight is 381 g/mol. The van der Waals surface area contributed by atoms with Crippen molar-refractivity contribution in [3.05, 3.63) is 59.7 Å². The van der Waals surface area contributed by atoms with Crippen molar-refractivity contribution in [3.63, 3.8) is 0 Å². The fraction of sp³-hybridized carbons (Fsp3) is 0.435. The zero-order valence-corrected chi connectivity index (χ0v) is 16.8. The number of hydrogen-bond acceptors (Lipinski definition) is 3. The molecule has 1 unspecified atom stereocenters. The van der Waals surface area contributed by atoms with Crippen LogP contribution < -0.4 is 5.32 Å². The SMILES string of the molecule is CN(Cc1ccccc1NC(=O)C1Cc2ccccc2S1)C1CCCCC1. The summed E-state index contributed by atoms with van der Waals surface area (Å²) in [4.78, 5) is 16.6. The lowest BCUT2D eigenvalue weighted by molar-refractivity contribution is -0.115. The monoisotopic (exact) mass is 380 g/mol. The van der Waals surface area contributed by atoms with Crippen molar-refractivity contribution >= 4 is 23.4 Å². The Hall–Kier alpha value is -1.78. The first-order valence-electron chi connectivity index (χ1n) is 10.0. The van der Waals surface area contributed by atoms with Crippen molar-refractivity contribution in [2.24, 2.45) is 0 Å². The first-order valence-corrected chi connectivity index (χ1v) is 10.9. The molecule has 1 saturated carbocycles. The van der Waals surface area contributed by atoms with Crippen molar-refractivity contribution < 1.29 is 4.79 Å². The van der Waals surface area contributed by atoms with Crippen LogP contribution in [0.4, 0.5) is 5.69 Å². The Morgan fingerprint density at radius 1 is 1.07 bits per heavy atom. The van der Waals surface area contributed by atoms with E-state index in [0.29, 0.717) is 6.04 Å². The lowest BCUT2D eigenvalue weighted by Gasteiger charge is -2.31. The van der Waals surface area contributed by atoms with Gasteiger partial charge < -0.3 is 5.32 Å². The first-order chi connectivity index (χ1) is 13.2. The molecule has 0 saturated heterocycles. The van der Waals surface area contributed by atoms with E-state index >= 15 is 0 Å². The fourth-order valence-corrected chi connectivity index (χ4v) is 5.44. The highest BCUT2D eigenvalue weighted by molar-refractivity contribution is 8.01. The number of amides is 1. The van der Waals surface area contributed by atoms with Crippen LogP contribution in [-0.4, -0.2) is 29.1 Å². The maximum atomic E-state index is 12.9. The number of nitrogens with one attached hydrogen (secondary N) is 1. The minimum atomic E-state index is -0.0356. The lowest BCUT2D eigenvalue weighted by atomic mass is 9.94. The maximum absolute atomic E-state index is 12.9. The van der Waals surface area contributed by atoms with E-state index in [2.05, 4.69) is 47.6 Å². The molecule has 2 aliphatic rings. The molecule has 0 aromatic heterocycles. The zero-order valence-electron chi connectivity index (χ0n) is 16.0. The lowest BCUT2D eigenvalue weighted by Crippen LogP contribution is -2.33. The van der Waals surface area contributed by atoms with Crippen LogP contribution in [-0.2, 0) is 17.8 Å². The Morgan fingerprint density at radius 2 is 1.81 bits per heavy atom. The topological polar surface area (TPSA) is 32.3 Å². The van der Waals surface area contributed by atoms with Crippen molar-refractivity contribution in [1.29, 1.82) is 0 Å². The van der Waals surface area contributed by atoms with Gasteiger partial charge in [0.15, 0.2) is 0 Å². The Balaban J connectivity index is 1.41. The number of fused-ring (bicyclic) bond motifs is 1. The number of thioether (sulfide) groups is 1. The Kier molecular flexibility index (Phi) is 5.84. The molecule has 0 bridgehead atoms. The summed E-state index contributed by atoms with van der Waals surface area (Å²) in [6, 6.07) is 17.3. The van der Waals surface area contributed by atoms with E-state index in [0.717, 1.165) is 18.7 Å². The summed E-state index contributed by atoms with van der Waals surface area (Å²) in [6.07, 6.45) is 7.46. The van der Waals surface area contributed by atoms with Gasteiger partial charge in [0.2, 0.25) is 5.91 Å². The van der Waals surface area contributed by atoms with E-state index < -0.39 is 0 Å². The second-order valence-corrected chi connectivity index (χ2v) is 9.02. The summed E-state index contributed by atoms with van der Waals surface area (Å²) in [5, 5.41) is 3.17. The zero-order chi connectivity index (χ0) is 18.6. The summed E-state index contributed by atoms with van der Waals surface area (Å²) in [5.74, 6) is 0.115. The molecule has 0 radical (unpaired) electrons. The van der Waals surface area contributed by atoms with Gasteiger partial charge in [0.25, 0.3) is 0 Å². The number of benzene rings is 2. The van der Waals surface area contributed by atoms with Gasteiger partial charge in [-0.2, -0.15) is 0 Å². The molecular weight excluding hydrogens is 352 g/mol. The van der Waals surface area contributed by atoms with Gasteiger partial charge in [0.05, 0.1) is 5.25 Å². The third-order valence-electron chi connectivity index (χ3n) is 5.83. The van der Waals surface area contributed by atoms with Crippen LogP contribution in [0.3, 0.4) is 0 Å². The molecule has 4 heteroatoms. The van der Waals surface area contributed by atoms with Gasteiger partial charge in [-0.15, -0.1) is 11.8 Å². The van der Waals surface area contributed by atoms with Crippen molar-refractivity contribution in [3.8, 4) is 0 Å². The third kappa shape index (κ3) is 4.39. The van der Waals surface area contributed by atoms with Crippen LogP contribution in [0.25, 0.3) is 0 Å². The van der Waals surface area contributed by atoms with E-state index in [9.17, 15) is 4.79 Å². The fourth-order valence-electron chi connectivity index (χ4n) is 4.24.